The lowest BCUT2D eigenvalue weighted by atomic mass is 9.44. The lowest BCUT2D eigenvalue weighted by Gasteiger charge is -2.62. The number of allylic oxidation sites excluding steroid dienone is 4. The Labute approximate surface area is 340 Å². The molecule has 11 atom stereocenters. The molecule has 57 heavy (non-hydrogen) atoms. The monoisotopic (exact) mass is 848 g/mol. The van der Waals surface area contributed by atoms with E-state index in [9.17, 15) is 34.2 Å². The molecule has 0 spiro atoms. The van der Waals surface area contributed by atoms with Gasteiger partial charge >= 0.3 is 0 Å². The van der Waals surface area contributed by atoms with Crippen molar-refractivity contribution in [2.75, 3.05) is 17.3 Å². The molecule has 2 aromatic carbocycles. The maximum atomic E-state index is 17.7. The Bertz CT molecular complexity index is 2040. The van der Waals surface area contributed by atoms with E-state index in [-0.39, 0.29) is 41.6 Å². The molecule has 0 radical (unpaired) electrons. The van der Waals surface area contributed by atoms with E-state index in [0.717, 1.165) is 11.1 Å². The zero-order valence-electron chi connectivity index (χ0n) is 32.6. The smallest absolute Gasteiger partial charge is 0.231 e. The zero-order chi connectivity index (χ0) is 41.1. The van der Waals surface area contributed by atoms with Crippen LogP contribution in [0.4, 0.5) is 10.1 Å². The molecule has 2 amide bonds. The second kappa shape index (κ2) is 15.4. The number of hydrogen-bond donors (Lipinski definition) is 4. The van der Waals surface area contributed by atoms with E-state index in [1.165, 1.54) is 12.2 Å². The Morgan fingerprint density at radius 1 is 1.05 bits per heavy atom. The molecule has 4 aliphatic carbocycles. The summed E-state index contributed by atoms with van der Waals surface area (Å²) in [7, 11) is 0. The fourth-order valence-corrected chi connectivity index (χ4v) is 10.9. The van der Waals surface area contributed by atoms with Gasteiger partial charge in [-0.05, 0) is 87.3 Å². The third-order valence-corrected chi connectivity index (χ3v) is 14.2. The van der Waals surface area contributed by atoms with Crippen LogP contribution in [0.15, 0.2) is 72.3 Å². The number of aliphatic hydroxyl groups excluding tert-OH is 2. The Morgan fingerprint density at radius 2 is 1.79 bits per heavy atom. The van der Waals surface area contributed by atoms with Gasteiger partial charge in [-0.3, -0.25) is 24.0 Å². The molecule has 0 bridgehead atoms. The van der Waals surface area contributed by atoms with Crippen LogP contribution in [0.3, 0.4) is 0 Å². The highest BCUT2D eigenvalue weighted by molar-refractivity contribution is 9.09. The van der Waals surface area contributed by atoms with Gasteiger partial charge in [0.25, 0.3) is 0 Å². The first-order valence-electron chi connectivity index (χ1n) is 19.7. The number of fused-ring (bicyclic) bond motifs is 7. The van der Waals surface area contributed by atoms with E-state index in [1.807, 2.05) is 49.4 Å². The standard InChI is InChI=1S/C44H50BrFN2O9/c1-24(16-34(51)25(2)47-38(54)22-45)39(55)48-30-7-5-6-27(18-30)17-26-8-10-28(11-9-26)40-56-37-20-33-32-13-12-29-19-31(50)14-15-41(29,3)43(32,46)35(52)21-42(33,4)44(37,57-40)36(53)23-49/h5-11,14-15,18-19,24-25,32-33,35,37,40,49,52H,12-13,16-17,20-23H2,1-4H3,(H,47,54)(H,48,55)/t24-,25+,32+,33+,35+,37-,40-,41+,42+,43+,44-/m1/s1. The van der Waals surface area contributed by atoms with Crippen molar-refractivity contribution in [2.45, 2.75) is 102 Å². The topological polar surface area (TPSA) is 168 Å². The van der Waals surface area contributed by atoms with Gasteiger partial charge in [-0.2, -0.15) is 0 Å². The summed E-state index contributed by atoms with van der Waals surface area (Å²) < 4.78 is 30.9. The number of alkyl halides is 2. The summed E-state index contributed by atoms with van der Waals surface area (Å²) in [4.78, 5) is 63.2. The number of Topliss-reactive ketones (excluding diaryl/α,β-unsaturated/α-hetero) is 2. The molecule has 11 nitrogen and oxygen atoms in total. The summed E-state index contributed by atoms with van der Waals surface area (Å²) >= 11 is 3.06. The maximum Gasteiger partial charge on any atom is 0.231 e. The van der Waals surface area contributed by atoms with Gasteiger partial charge in [-0.15, -0.1) is 0 Å². The highest BCUT2D eigenvalue weighted by atomic mass is 79.9. The quantitative estimate of drug-likeness (QED) is 0.205. The number of ether oxygens (including phenoxy) is 2. The number of amides is 2. The second-order valence-electron chi connectivity index (χ2n) is 17.0. The Kier molecular flexibility index (Phi) is 11.1. The molecule has 5 aliphatic rings. The summed E-state index contributed by atoms with van der Waals surface area (Å²) in [6.45, 7) is 6.08. The van der Waals surface area contributed by atoms with Crippen LogP contribution in [-0.2, 0) is 39.9 Å². The first kappa shape index (κ1) is 41.3. The highest BCUT2D eigenvalue weighted by Gasteiger charge is 2.79. The number of aliphatic hydroxyl groups is 2. The van der Waals surface area contributed by atoms with Crippen molar-refractivity contribution in [3.63, 3.8) is 0 Å². The Morgan fingerprint density at radius 3 is 2.49 bits per heavy atom. The number of carbonyl (C=O) groups is 5. The van der Waals surface area contributed by atoms with Crippen molar-refractivity contribution >= 4 is 50.8 Å². The van der Waals surface area contributed by atoms with E-state index in [2.05, 4.69) is 26.6 Å². The lowest BCUT2D eigenvalue weighted by Crippen LogP contribution is -2.69. The van der Waals surface area contributed by atoms with Gasteiger partial charge in [0.1, 0.15) is 6.61 Å². The van der Waals surface area contributed by atoms with Crippen molar-refractivity contribution in [1.29, 1.82) is 0 Å². The van der Waals surface area contributed by atoms with Crippen molar-refractivity contribution in [1.82, 2.24) is 5.32 Å². The molecule has 4 fully saturated rings. The first-order valence-corrected chi connectivity index (χ1v) is 20.8. The number of rotatable bonds is 12. The lowest BCUT2D eigenvalue weighted by molar-refractivity contribution is -0.231. The van der Waals surface area contributed by atoms with Crippen LogP contribution in [-0.4, -0.2) is 80.8 Å². The van der Waals surface area contributed by atoms with E-state index >= 15 is 4.39 Å². The van der Waals surface area contributed by atoms with Gasteiger partial charge in [-0.25, -0.2) is 4.39 Å². The number of benzene rings is 2. The number of anilines is 1. The van der Waals surface area contributed by atoms with Crippen LogP contribution in [0.25, 0.3) is 0 Å². The average Bonchev–Trinajstić information content (AvgIpc) is 3.68. The minimum absolute atomic E-state index is 0.0212. The molecule has 3 saturated carbocycles. The van der Waals surface area contributed by atoms with E-state index in [1.54, 1.807) is 32.9 Å². The molecule has 1 saturated heterocycles. The average molecular weight is 850 g/mol. The minimum atomic E-state index is -2.08. The van der Waals surface area contributed by atoms with Gasteiger partial charge < -0.3 is 30.3 Å². The molecule has 304 valence electrons. The number of carbonyl (C=O) groups excluding carboxylic acids is 5. The Hall–Kier alpha value is -3.88. The molecule has 1 heterocycles. The van der Waals surface area contributed by atoms with Crippen LogP contribution in [0.2, 0.25) is 0 Å². The third-order valence-electron chi connectivity index (χ3n) is 13.7. The van der Waals surface area contributed by atoms with Crippen LogP contribution >= 0.6 is 15.9 Å². The minimum Gasteiger partial charge on any atom is -0.390 e. The van der Waals surface area contributed by atoms with Crippen LogP contribution < -0.4 is 10.6 Å². The molecule has 0 aromatic heterocycles. The summed E-state index contributed by atoms with van der Waals surface area (Å²) in [5.74, 6) is -3.25. The van der Waals surface area contributed by atoms with E-state index < -0.39 is 76.8 Å². The third kappa shape index (κ3) is 6.76. The molecule has 13 heteroatoms. The molecule has 0 unspecified atom stereocenters. The summed E-state index contributed by atoms with van der Waals surface area (Å²) in [5.41, 5.74) is -2.10. The molecule has 4 N–H and O–H groups in total. The van der Waals surface area contributed by atoms with Crippen molar-refractivity contribution in [3.8, 4) is 0 Å². The molecule has 1 aliphatic heterocycles. The van der Waals surface area contributed by atoms with E-state index in [0.29, 0.717) is 42.5 Å². The number of nitrogens with one attached hydrogen (secondary N) is 2. The largest absolute Gasteiger partial charge is 0.390 e. The predicted molar refractivity (Wildman–Crippen MR) is 212 cm³/mol. The first-order chi connectivity index (χ1) is 27.0. The van der Waals surface area contributed by atoms with Gasteiger partial charge in [0, 0.05) is 40.3 Å². The predicted octanol–water partition coefficient (Wildman–Crippen LogP) is 5.41. The zero-order valence-corrected chi connectivity index (χ0v) is 34.1. The van der Waals surface area contributed by atoms with Crippen LogP contribution in [0.5, 0.6) is 0 Å². The van der Waals surface area contributed by atoms with Gasteiger partial charge in [0.15, 0.2) is 34.9 Å². The van der Waals surface area contributed by atoms with Crippen LogP contribution in [0, 0.1) is 28.6 Å². The number of hydrogen-bond acceptors (Lipinski definition) is 9. The van der Waals surface area contributed by atoms with Gasteiger partial charge in [0.2, 0.25) is 11.8 Å². The van der Waals surface area contributed by atoms with E-state index in [4.69, 9.17) is 9.47 Å². The molecular formula is C44H50BrFN2O9. The molecule has 7 rings (SSSR count). The summed E-state index contributed by atoms with van der Waals surface area (Å²) in [6.07, 6.45) is 2.92. The summed E-state index contributed by atoms with van der Waals surface area (Å²) in [5, 5.41) is 27.7. The normalized spacial score (nSPS) is 34.8. The van der Waals surface area contributed by atoms with Crippen molar-refractivity contribution < 1.29 is 48.0 Å². The van der Waals surface area contributed by atoms with Crippen LogP contribution in [0.1, 0.15) is 82.8 Å². The maximum absolute atomic E-state index is 17.7. The van der Waals surface area contributed by atoms with Gasteiger partial charge in [0.05, 0.1) is 23.6 Å². The SMILES string of the molecule is C[C@H](CC(=O)[C@H](C)NC(=O)CBr)C(=O)Nc1cccc(Cc2ccc([C@@H]3O[C@@H]4C[C@H]5[C@@H]6CCC7=CC(=O)C=C[C@]7(C)[C@@]6(F)[C@@H](O)C[C@]5(C)[C@]4(C(=O)CO)O3)cc2)c1. The molecule has 2 aromatic rings. The van der Waals surface area contributed by atoms with Crippen molar-refractivity contribution in [3.05, 3.63) is 89.0 Å². The Balaban J connectivity index is 1.03. The fourth-order valence-electron chi connectivity index (χ4n) is 10.7. The fraction of sp³-hybridized carbons (Fsp3) is 0.523. The van der Waals surface area contributed by atoms with Gasteiger partial charge in [-0.1, -0.05) is 77.8 Å². The highest BCUT2D eigenvalue weighted by Crippen LogP contribution is 2.72. The molecular weight excluding hydrogens is 799 g/mol. The number of halogens is 2. The number of ketones is 3. The van der Waals surface area contributed by atoms with Crippen molar-refractivity contribution in [2.24, 2.45) is 28.6 Å². The second-order valence-corrected chi connectivity index (χ2v) is 17.6. The summed E-state index contributed by atoms with van der Waals surface area (Å²) in [6, 6.07) is 14.3.